The van der Waals surface area contributed by atoms with Gasteiger partial charge in [-0.1, -0.05) is 0 Å². The molecule has 106 valence electrons. The highest BCUT2D eigenvalue weighted by Crippen LogP contribution is 2.36. The van der Waals surface area contributed by atoms with Crippen LogP contribution in [0.25, 0.3) is 11.3 Å². The zero-order valence-electron chi connectivity index (χ0n) is 12.1. The smallest absolute Gasteiger partial charge is 0.262 e. The van der Waals surface area contributed by atoms with Gasteiger partial charge in [0.05, 0.1) is 5.54 Å². The average molecular weight is 297 g/mol. The van der Waals surface area contributed by atoms with Gasteiger partial charge in [-0.3, -0.25) is 0 Å². The number of ether oxygens (including phenoxy) is 1. The number of nitrogens with zero attached hydrogens (tertiary/aromatic N) is 2. The highest BCUT2D eigenvalue weighted by atomic mass is 32.1. The number of aromatic nitrogens is 1. The summed E-state index contributed by atoms with van der Waals surface area (Å²) in [6, 6.07) is 12.0. The Labute approximate surface area is 129 Å². The summed E-state index contributed by atoms with van der Waals surface area (Å²) < 4.78 is 7.46. The number of nitriles is 1. The summed E-state index contributed by atoms with van der Waals surface area (Å²) in [5.41, 5.74) is 3.44. The van der Waals surface area contributed by atoms with Crippen LogP contribution in [-0.4, -0.2) is 9.74 Å². The van der Waals surface area contributed by atoms with Crippen LogP contribution in [0.15, 0.2) is 30.3 Å². The Kier molecular flexibility index (Phi) is 2.99. The van der Waals surface area contributed by atoms with Crippen molar-refractivity contribution in [2.45, 2.75) is 19.4 Å². The maximum absolute atomic E-state index is 9.07. The minimum absolute atomic E-state index is 0.288. The molecule has 0 saturated carbocycles. The molecule has 0 spiro atoms. The van der Waals surface area contributed by atoms with Crippen LogP contribution in [0.2, 0.25) is 0 Å². The van der Waals surface area contributed by atoms with E-state index in [4.69, 9.17) is 22.2 Å². The van der Waals surface area contributed by atoms with Gasteiger partial charge in [-0.2, -0.15) is 5.26 Å². The van der Waals surface area contributed by atoms with Gasteiger partial charge < -0.3 is 14.6 Å². The average Bonchev–Trinajstić information content (AvgIpc) is 2.78. The van der Waals surface area contributed by atoms with Gasteiger partial charge in [-0.25, -0.2) is 0 Å². The molecule has 0 atom stereocenters. The van der Waals surface area contributed by atoms with E-state index in [1.165, 1.54) is 0 Å². The van der Waals surface area contributed by atoms with Gasteiger partial charge in [-0.05, 0) is 62.0 Å². The molecule has 5 heteroatoms. The summed E-state index contributed by atoms with van der Waals surface area (Å²) in [6.07, 6.45) is 0. The summed E-state index contributed by atoms with van der Waals surface area (Å²) in [4.78, 5) is 0. The Hall–Kier alpha value is -2.32. The number of benzene rings is 1. The zero-order chi connectivity index (χ0) is 15.2. The molecule has 1 aromatic heterocycles. The SMILES string of the molecule is Cn1c(C#N)ccc1-c1ccc2c(c1)C(C)(C)NC(=S)O2. The lowest BCUT2D eigenvalue weighted by atomic mass is 9.90. The summed E-state index contributed by atoms with van der Waals surface area (Å²) in [7, 11) is 1.89. The number of nitrogens with one attached hydrogen (secondary N) is 1. The lowest BCUT2D eigenvalue weighted by Crippen LogP contribution is -2.46. The van der Waals surface area contributed by atoms with Crippen LogP contribution < -0.4 is 10.1 Å². The molecule has 21 heavy (non-hydrogen) atoms. The van der Waals surface area contributed by atoms with Crippen molar-refractivity contribution in [3.8, 4) is 23.1 Å². The monoisotopic (exact) mass is 297 g/mol. The van der Waals surface area contributed by atoms with E-state index in [2.05, 4.69) is 31.3 Å². The highest BCUT2D eigenvalue weighted by Gasteiger charge is 2.31. The predicted octanol–water partition coefficient (Wildman–Crippen LogP) is 3.07. The third-order valence-corrected chi connectivity index (χ3v) is 3.99. The van der Waals surface area contributed by atoms with Gasteiger partial charge in [0.15, 0.2) is 0 Å². The third-order valence-electron chi connectivity index (χ3n) is 3.80. The molecule has 1 aliphatic heterocycles. The summed E-state index contributed by atoms with van der Waals surface area (Å²) in [5.74, 6) is 0.780. The zero-order valence-corrected chi connectivity index (χ0v) is 12.9. The molecule has 1 aromatic carbocycles. The number of thiocarbonyl (C=S) groups is 1. The largest absolute Gasteiger partial charge is 0.432 e. The van der Waals surface area contributed by atoms with Crippen LogP contribution in [0.1, 0.15) is 25.1 Å². The van der Waals surface area contributed by atoms with Crippen molar-refractivity contribution in [3.63, 3.8) is 0 Å². The van der Waals surface area contributed by atoms with Crippen molar-refractivity contribution in [2.75, 3.05) is 0 Å². The Morgan fingerprint density at radius 2 is 2.05 bits per heavy atom. The van der Waals surface area contributed by atoms with E-state index >= 15 is 0 Å². The maximum Gasteiger partial charge on any atom is 0.262 e. The van der Waals surface area contributed by atoms with Crippen molar-refractivity contribution in [2.24, 2.45) is 7.05 Å². The second-order valence-electron chi connectivity index (χ2n) is 5.63. The molecule has 1 N–H and O–H groups in total. The van der Waals surface area contributed by atoms with Crippen LogP contribution in [0.4, 0.5) is 0 Å². The van der Waals surface area contributed by atoms with Crippen molar-refractivity contribution >= 4 is 17.4 Å². The van der Waals surface area contributed by atoms with E-state index < -0.39 is 0 Å². The lowest BCUT2D eigenvalue weighted by molar-refractivity contribution is 0.380. The second-order valence-corrected chi connectivity index (χ2v) is 6.00. The Morgan fingerprint density at radius 3 is 2.71 bits per heavy atom. The first kappa shape index (κ1) is 13.7. The van der Waals surface area contributed by atoms with E-state index in [1.54, 1.807) is 0 Å². The standard InChI is InChI=1S/C16H15N3OS/c1-16(2)12-8-10(4-7-14(12)20-15(21)18-16)13-6-5-11(9-17)19(13)3/h4-8H,1-3H3,(H,18,21). The molecule has 0 aliphatic carbocycles. The fourth-order valence-corrected chi connectivity index (χ4v) is 2.97. The Morgan fingerprint density at radius 1 is 1.29 bits per heavy atom. The van der Waals surface area contributed by atoms with Crippen molar-refractivity contribution in [3.05, 3.63) is 41.6 Å². The molecule has 0 saturated heterocycles. The first-order valence-electron chi connectivity index (χ1n) is 6.63. The summed E-state index contributed by atoms with van der Waals surface area (Å²) in [6.45, 7) is 4.13. The van der Waals surface area contributed by atoms with E-state index in [-0.39, 0.29) is 5.54 Å². The fraction of sp³-hybridized carbons (Fsp3) is 0.250. The van der Waals surface area contributed by atoms with E-state index in [0.29, 0.717) is 10.9 Å². The van der Waals surface area contributed by atoms with Gasteiger partial charge in [0.1, 0.15) is 17.5 Å². The van der Waals surface area contributed by atoms with E-state index in [0.717, 1.165) is 22.6 Å². The molecule has 2 heterocycles. The first-order chi connectivity index (χ1) is 9.92. The Balaban J connectivity index is 2.14. The van der Waals surface area contributed by atoms with Crippen LogP contribution in [0, 0.1) is 11.3 Å². The normalized spacial score (nSPS) is 15.6. The number of fused-ring (bicyclic) bond motifs is 1. The van der Waals surface area contributed by atoms with Gasteiger partial charge >= 0.3 is 0 Å². The van der Waals surface area contributed by atoms with Gasteiger partial charge in [0, 0.05) is 18.3 Å². The number of rotatable bonds is 1. The van der Waals surface area contributed by atoms with Crippen LogP contribution in [0.5, 0.6) is 5.75 Å². The second kappa shape index (κ2) is 4.61. The molecule has 4 nitrogen and oxygen atoms in total. The van der Waals surface area contributed by atoms with Crippen molar-refractivity contribution in [1.82, 2.24) is 9.88 Å². The molecular formula is C16H15N3OS. The van der Waals surface area contributed by atoms with Crippen molar-refractivity contribution < 1.29 is 4.74 Å². The molecule has 1 aliphatic rings. The van der Waals surface area contributed by atoms with E-state index in [9.17, 15) is 0 Å². The topological polar surface area (TPSA) is 50.0 Å². The minimum Gasteiger partial charge on any atom is -0.432 e. The molecule has 0 fully saturated rings. The molecule has 2 aromatic rings. The quantitative estimate of drug-likeness (QED) is 0.822. The molecule has 0 bridgehead atoms. The van der Waals surface area contributed by atoms with Gasteiger partial charge in [0.2, 0.25) is 0 Å². The lowest BCUT2D eigenvalue weighted by Gasteiger charge is -2.34. The Bertz CT molecular complexity index is 783. The summed E-state index contributed by atoms with van der Waals surface area (Å²) >= 11 is 5.12. The van der Waals surface area contributed by atoms with Crippen LogP contribution in [-0.2, 0) is 12.6 Å². The minimum atomic E-state index is -0.288. The van der Waals surface area contributed by atoms with Crippen LogP contribution in [0.3, 0.4) is 0 Å². The maximum atomic E-state index is 9.07. The molecule has 0 amide bonds. The summed E-state index contributed by atoms with van der Waals surface area (Å²) in [5, 5.41) is 12.6. The fourth-order valence-electron chi connectivity index (χ4n) is 2.63. The van der Waals surface area contributed by atoms with Crippen LogP contribution >= 0.6 is 12.2 Å². The van der Waals surface area contributed by atoms with Gasteiger partial charge in [0.25, 0.3) is 5.17 Å². The number of hydrogen-bond donors (Lipinski definition) is 1. The van der Waals surface area contributed by atoms with E-state index in [1.807, 2.05) is 35.9 Å². The molecule has 0 unspecified atom stereocenters. The molecular weight excluding hydrogens is 282 g/mol. The van der Waals surface area contributed by atoms with Gasteiger partial charge in [-0.15, -0.1) is 0 Å². The first-order valence-corrected chi connectivity index (χ1v) is 7.04. The highest BCUT2D eigenvalue weighted by molar-refractivity contribution is 7.80. The third kappa shape index (κ3) is 2.18. The predicted molar refractivity (Wildman–Crippen MR) is 85.0 cm³/mol. The van der Waals surface area contributed by atoms with Crippen molar-refractivity contribution in [1.29, 1.82) is 5.26 Å². The molecule has 0 radical (unpaired) electrons. The number of hydrogen-bond acceptors (Lipinski definition) is 3. The molecule has 3 rings (SSSR count).